The maximum atomic E-state index is 16.4. The van der Waals surface area contributed by atoms with Gasteiger partial charge in [-0.05, 0) is 75.0 Å². The number of aromatic amines is 2. The van der Waals surface area contributed by atoms with E-state index in [0.29, 0.717) is 62.7 Å². The lowest BCUT2D eigenvalue weighted by molar-refractivity contribution is -0.120. The van der Waals surface area contributed by atoms with Crippen LogP contribution in [-0.4, -0.2) is 68.1 Å². The number of fused-ring (bicyclic) bond motifs is 2. The first-order chi connectivity index (χ1) is 22.8. The summed E-state index contributed by atoms with van der Waals surface area (Å²) in [6.45, 7) is 1.45. The maximum Gasteiger partial charge on any atom is 0.227 e. The summed E-state index contributed by atoms with van der Waals surface area (Å²) in [5.41, 5.74) is 5.05. The Morgan fingerprint density at radius 2 is 1.81 bits per heavy atom. The highest BCUT2D eigenvalue weighted by Crippen LogP contribution is 2.36. The van der Waals surface area contributed by atoms with Gasteiger partial charge < -0.3 is 20.5 Å². The molecule has 1 saturated carbocycles. The number of halogens is 2. The summed E-state index contributed by atoms with van der Waals surface area (Å²) in [4.78, 5) is 31.6. The highest BCUT2D eigenvalue weighted by atomic mass is 19.1. The normalized spacial score (nSPS) is 13.9. The number of amides is 1. The number of nitrogens with zero attached hydrogens (tertiary/aromatic N) is 5. The van der Waals surface area contributed by atoms with Gasteiger partial charge in [-0.25, -0.2) is 18.7 Å². The van der Waals surface area contributed by atoms with E-state index in [1.807, 2.05) is 25.1 Å². The monoisotopic (exact) mass is 635 g/mol. The van der Waals surface area contributed by atoms with Crippen molar-refractivity contribution in [3.63, 3.8) is 0 Å². The molecule has 47 heavy (non-hydrogen) atoms. The summed E-state index contributed by atoms with van der Waals surface area (Å²) >= 11 is 0. The van der Waals surface area contributed by atoms with E-state index >= 15 is 4.39 Å². The van der Waals surface area contributed by atoms with E-state index in [-0.39, 0.29) is 28.7 Å². The van der Waals surface area contributed by atoms with Crippen molar-refractivity contribution >= 4 is 39.3 Å². The number of anilines is 2. The summed E-state index contributed by atoms with van der Waals surface area (Å²) < 4.78 is 31.1. The Labute approximate surface area is 270 Å². The summed E-state index contributed by atoms with van der Waals surface area (Å²) in [5.74, 6) is -0.605. The lowest BCUT2D eigenvalue weighted by Gasteiger charge is -2.20. The van der Waals surface area contributed by atoms with Gasteiger partial charge in [0.15, 0.2) is 11.5 Å². The van der Waals surface area contributed by atoms with Crippen LogP contribution in [0.2, 0.25) is 0 Å². The van der Waals surface area contributed by atoms with Gasteiger partial charge in [0.1, 0.15) is 22.8 Å². The smallest absolute Gasteiger partial charge is 0.227 e. The Morgan fingerprint density at radius 1 is 0.979 bits per heavy atom. The van der Waals surface area contributed by atoms with E-state index in [1.54, 1.807) is 42.9 Å². The Bertz CT molecular complexity index is 2080. The molecule has 240 valence electrons. The molecule has 0 bridgehead atoms. The van der Waals surface area contributed by atoms with Crippen LogP contribution >= 0.6 is 0 Å². The van der Waals surface area contributed by atoms with E-state index in [2.05, 4.69) is 35.8 Å². The number of imidazole rings is 1. The number of rotatable bonds is 9. The van der Waals surface area contributed by atoms with E-state index in [4.69, 9.17) is 4.98 Å². The van der Waals surface area contributed by atoms with Gasteiger partial charge in [-0.2, -0.15) is 5.10 Å². The molecule has 4 aromatic heterocycles. The van der Waals surface area contributed by atoms with Crippen LogP contribution in [-0.2, 0) is 4.79 Å². The molecule has 0 spiro atoms. The molecule has 0 aliphatic heterocycles. The zero-order chi connectivity index (χ0) is 32.5. The van der Waals surface area contributed by atoms with Crippen LogP contribution < -0.4 is 10.6 Å². The number of H-pyrrole nitrogens is 2. The van der Waals surface area contributed by atoms with Gasteiger partial charge in [0.25, 0.3) is 0 Å². The van der Waals surface area contributed by atoms with E-state index in [9.17, 15) is 9.18 Å². The van der Waals surface area contributed by atoms with Crippen LogP contribution in [0, 0.1) is 17.6 Å². The first-order valence-corrected chi connectivity index (χ1v) is 15.8. The summed E-state index contributed by atoms with van der Waals surface area (Å²) in [6, 6.07) is 11.7. The van der Waals surface area contributed by atoms with Gasteiger partial charge in [0.05, 0.1) is 22.8 Å². The molecule has 1 fully saturated rings. The number of carbonyl (C=O) groups is 1. The van der Waals surface area contributed by atoms with Crippen LogP contribution in [0.25, 0.3) is 55.8 Å². The number of likely N-dealkylation sites (N-methyl/N-ethyl adjacent to an activating group) is 1. The van der Waals surface area contributed by atoms with Crippen LogP contribution in [0.5, 0.6) is 0 Å². The highest BCUT2D eigenvalue weighted by Gasteiger charge is 2.23. The number of hydrogen-bond acceptors (Lipinski definition) is 7. The minimum absolute atomic E-state index is 0.0134. The molecule has 0 saturated heterocycles. The minimum Gasteiger partial charge on any atom is -0.384 e. The second-order valence-corrected chi connectivity index (χ2v) is 12.3. The van der Waals surface area contributed by atoms with Gasteiger partial charge >= 0.3 is 0 Å². The molecule has 1 amide bonds. The fourth-order valence-electron chi connectivity index (χ4n) is 6.26. The first-order valence-electron chi connectivity index (χ1n) is 15.8. The van der Waals surface area contributed by atoms with Crippen molar-refractivity contribution in [3.8, 4) is 33.8 Å². The predicted octanol–water partition coefficient (Wildman–Crippen LogP) is 7.00. The second-order valence-electron chi connectivity index (χ2n) is 12.3. The highest BCUT2D eigenvalue weighted by molar-refractivity contribution is 5.98. The van der Waals surface area contributed by atoms with Gasteiger partial charge in [0.2, 0.25) is 5.91 Å². The molecule has 4 heterocycles. The molecule has 6 aromatic rings. The van der Waals surface area contributed by atoms with E-state index in [1.165, 1.54) is 12.1 Å². The average molecular weight is 636 g/mol. The molecule has 7 rings (SSSR count). The molecule has 10 nitrogen and oxygen atoms in total. The van der Waals surface area contributed by atoms with Crippen molar-refractivity contribution < 1.29 is 13.6 Å². The summed E-state index contributed by atoms with van der Waals surface area (Å²) in [7, 11) is 3.96. The Balaban J connectivity index is 1.22. The quantitative estimate of drug-likeness (QED) is 0.135. The van der Waals surface area contributed by atoms with Crippen molar-refractivity contribution in [2.75, 3.05) is 37.8 Å². The standard InChI is InChI=1S/C35H35F2N9O/c1-46(2)13-12-39-24-15-21(14-23(36)17-24)27-10-11-40-33-31(27)42-34(43-33)32-29-28(44-45-32)9-8-26(30(29)37)22-16-25(19-38-18-22)41-35(47)20-6-4-3-5-7-20/h8-11,14-20,39H,3-7,12-13H2,1-2H3,(H,41,47)(H,44,45)(H,40,42,43). The number of carbonyl (C=O) groups excluding carboxylic acids is 1. The molecule has 0 unspecified atom stereocenters. The van der Waals surface area contributed by atoms with Crippen molar-refractivity contribution in [1.29, 1.82) is 0 Å². The Hall–Kier alpha value is -5.23. The fourth-order valence-corrected chi connectivity index (χ4v) is 6.26. The van der Waals surface area contributed by atoms with E-state index < -0.39 is 5.82 Å². The lowest BCUT2D eigenvalue weighted by atomic mass is 9.88. The van der Waals surface area contributed by atoms with Crippen molar-refractivity contribution in [1.82, 2.24) is 35.0 Å². The van der Waals surface area contributed by atoms with Crippen LogP contribution in [0.4, 0.5) is 20.2 Å². The zero-order valence-electron chi connectivity index (χ0n) is 26.2. The molecule has 12 heteroatoms. The molecule has 1 aliphatic carbocycles. The van der Waals surface area contributed by atoms with Gasteiger partial charge in [-0.1, -0.05) is 19.3 Å². The lowest BCUT2D eigenvalue weighted by Crippen LogP contribution is -2.24. The zero-order valence-corrected chi connectivity index (χ0v) is 26.2. The number of pyridine rings is 2. The molecule has 2 aromatic carbocycles. The summed E-state index contributed by atoms with van der Waals surface area (Å²) in [5, 5.41) is 13.8. The van der Waals surface area contributed by atoms with Crippen molar-refractivity contribution in [2.45, 2.75) is 32.1 Å². The fraction of sp³-hybridized carbons (Fsp3) is 0.286. The predicted molar refractivity (Wildman–Crippen MR) is 180 cm³/mol. The molecular formula is C35H35F2N9O. The van der Waals surface area contributed by atoms with Crippen LogP contribution in [0.3, 0.4) is 0 Å². The molecular weight excluding hydrogens is 600 g/mol. The number of aromatic nitrogens is 6. The Kier molecular flexibility index (Phi) is 8.33. The van der Waals surface area contributed by atoms with E-state index in [0.717, 1.165) is 38.6 Å². The molecule has 0 atom stereocenters. The molecule has 0 radical (unpaired) electrons. The number of nitrogens with one attached hydrogen (secondary N) is 4. The van der Waals surface area contributed by atoms with Crippen LogP contribution in [0.1, 0.15) is 32.1 Å². The summed E-state index contributed by atoms with van der Waals surface area (Å²) in [6.07, 6.45) is 9.79. The largest absolute Gasteiger partial charge is 0.384 e. The van der Waals surface area contributed by atoms with Gasteiger partial charge in [-0.3, -0.25) is 14.9 Å². The van der Waals surface area contributed by atoms with Crippen molar-refractivity contribution in [2.24, 2.45) is 5.92 Å². The number of benzene rings is 2. The Morgan fingerprint density at radius 3 is 2.64 bits per heavy atom. The van der Waals surface area contributed by atoms with Gasteiger partial charge in [-0.15, -0.1) is 0 Å². The first kappa shape index (κ1) is 30.4. The average Bonchev–Trinajstić information content (AvgIpc) is 3.70. The third-order valence-corrected chi connectivity index (χ3v) is 8.67. The number of hydrogen-bond donors (Lipinski definition) is 4. The van der Waals surface area contributed by atoms with Crippen molar-refractivity contribution in [3.05, 3.63) is 72.7 Å². The minimum atomic E-state index is -0.504. The maximum absolute atomic E-state index is 16.4. The third-order valence-electron chi connectivity index (χ3n) is 8.67. The van der Waals surface area contributed by atoms with Crippen LogP contribution in [0.15, 0.2) is 61.1 Å². The topological polar surface area (TPSA) is 128 Å². The van der Waals surface area contributed by atoms with Gasteiger partial charge in [0, 0.05) is 53.8 Å². The SMILES string of the molecule is CN(C)CCNc1cc(F)cc(-c2ccnc3[nH]c(-c4n[nH]c5ccc(-c6cncc(NC(=O)C7CCCCC7)c6)c(F)c45)nc23)c1. The molecule has 4 N–H and O–H groups in total. The molecule has 1 aliphatic rings. The second kappa shape index (κ2) is 12.9. The third kappa shape index (κ3) is 6.28.